The third-order valence-electron chi connectivity index (χ3n) is 4.45. The van der Waals surface area contributed by atoms with Crippen molar-refractivity contribution in [2.45, 2.75) is 32.7 Å². The lowest BCUT2D eigenvalue weighted by atomic mass is 10.1. The second-order valence-electron chi connectivity index (χ2n) is 6.28. The number of carbonyl (C=O) groups excluding carboxylic acids is 1. The highest BCUT2D eigenvalue weighted by atomic mass is 35.5. The lowest BCUT2D eigenvalue weighted by molar-refractivity contribution is -0.910. The molecular formula is C18H22ClN2OS+. The molecule has 122 valence electrons. The van der Waals surface area contributed by atoms with Crippen molar-refractivity contribution in [3.05, 3.63) is 50.7 Å². The van der Waals surface area contributed by atoms with E-state index in [-0.39, 0.29) is 5.91 Å². The third-order valence-corrected chi connectivity index (χ3v) is 5.74. The molecule has 1 aromatic heterocycles. The molecule has 1 aliphatic heterocycles. The van der Waals surface area contributed by atoms with Gasteiger partial charge in [-0.25, -0.2) is 0 Å². The zero-order chi connectivity index (χ0) is 16.4. The van der Waals surface area contributed by atoms with E-state index >= 15 is 0 Å². The summed E-state index contributed by atoms with van der Waals surface area (Å²) in [6, 6.07) is 8.65. The molecule has 0 saturated carbocycles. The maximum Gasteiger partial charge on any atom is 0.279 e. The summed E-state index contributed by atoms with van der Waals surface area (Å²) < 4.78 is 0. The Kier molecular flexibility index (Phi) is 5.05. The van der Waals surface area contributed by atoms with Crippen molar-refractivity contribution in [3.8, 4) is 0 Å². The summed E-state index contributed by atoms with van der Waals surface area (Å²) >= 11 is 8.07. The molecule has 1 saturated heterocycles. The van der Waals surface area contributed by atoms with E-state index in [4.69, 9.17) is 11.6 Å². The molecular weight excluding hydrogens is 328 g/mol. The van der Waals surface area contributed by atoms with Crippen LogP contribution in [0.2, 0.25) is 5.02 Å². The highest BCUT2D eigenvalue weighted by Crippen LogP contribution is 2.27. The molecule has 3 nitrogen and oxygen atoms in total. The number of nitrogens with one attached hydrogen (secondary N) is 2. The largest absolute Gasteiger partial charge is 0.320 e. The molecule has 3 rings (SSSR count). The molecule has 2 atom stereocenters. The predicted octanol–water partition coefficient (Wildman–Crippen LogP) is 3.38. The van der Waals surface area contributed by atoms with Gasteiger partial charge in [0.25, 0.3) is 5.91 Å². The van der Waals surface area contributed by atoms with Crippen molar-refractivity contribution in [1.82, 2.24) is 0 Å². The van der Waals surface area contributed by atoms with Crippen LogP contribution in [0.3, 0.4) is 0 Å². The van der Waals surface area contributed by atoms with Gasteiger partial charge in [0.15, 0.2) is 6.54 Å². The van der Waals surface area contributed by atoms with Crippen LogP contribution in [0.15, 0.2) is 29.6 Å². The van der Waals surface area contributed by atoms with Gasteiger partial charge in [0.1, 0.15) is 6.04 Å². The van der Waals surface area contributed by atoms with Gasteiger partial charge in [-0.05, 0) is 42.5 Å². The number of hydrogen-bond acceptors (Lipinski definition) is 2. The summed E-state index contributed by atoms with van der Waals surface area (Å²) in [4.78, 5) is 15.2. The van der Waals surface area contributed by atoms with Gasteiger partial charge in [-0.3, -0.25) is 4.79 Å². The predicted molar refractivity (Wildman–Crippen MR) is 96.5 cm³/mol. The minimum atomic E-state index is 0.0392. The molecule has 2 aromatic rings. The number of likely N-dealkylation sites (tertiary alicyclic amines) is 1. The molecule has 1 fully saturated rings. The number of hydrogen-bond donors (Lipinski definition) is 2. The van der Waals surface area contributed by atoms with Crippen LogP contribution < -0.4 is 10.2 Å². The van der Waals surface area contributed by atoms with Crippen LogP contribution in [0.1, 0.15) is 34.9 Å². The molecule has 5 heteroatoms. The zero-order valence-corrected chi connectivity index (χ0v) is 15.1. The van der Waals surface area contributed by atoms with Crippen LogP contribution in [0.4, 0.5) is 5.69 Å². The minimum Gasteiger partial charge on any atom is -0.320 e. The second-order valence-corrected chi connectivity index (χ2v) is 7.67. The number of halogens is 1. The molecule has 2 heterocycles. The maximum absolute atomic E-state index is 12.5. The summed E-state index contributed by atoms with van der Waals surface area (Å²) in [7, 11) is 0. The highest BCUT2D eigenvalue weighted by molar-refractivity contribution is 7.10. The molecule has 0 radical (unpaired) electrons. The lowest BCUT2D eigenvalue weighted by Crippen LogP contribution is -3.11. The normalized spacial score (nSPS) is 20.7. The van der Waals surface area contributed by atoms with Gasteiger partial charge in [0.05, 0.1) is 22.1 Å². The van der Waals surface area contributed by atoms with E-state index in [2.05, 4.69) is 22.8 Å². The summed E-state index contributed by atoms with van der Waals surface area (Å²) in [6.07, 6.45) is 2.34. The molecule has 1 amide bonds. The molecule has 1 unspecified atom stereocenters. The van der Waals surface area contributed by atoms with Crippen molar-refractivity contribution >= 4 is 34.5 Å². The third kappa shape index (κ3) is 3.77. The van der Waals surface area contributed by atoms with Crippen LogP contribution in [0.25, 0.3) is 0 Å². The molecule has 23 heavy (non-hydrogen) atoms. The van der Waals surface area contributed by atoms with Crippen LogP contribution >= 0.6 is 22.9 Å². The number of anilines is 1. The maximum atomic E-state index is 12.5. The standard InChI is InChI=1S/C18H21ClN2OS/c1-12-9-13(2)18(14(19)10-12)20-17(22)11-21-7-3-5-15(21)16-6-4-8-23-16/h4,6,8-10,15H,3,5,7,11H2,1-2H3,(H,20,22)/p+1/t15-/m1/s1. The van der Waals surface area contributed by atoms with Gasteiger partial charge >= 0.3 is 0 Å². The first-order valence-corrected chi connectivity index (χ1v) is 9.25. The van der Waals surface area contributed by atoms with Crippen molar-refractivity contribution in [1.29, 1.82) is 0 Å². The van der Waals surface area contributed by atoms with Crippen molar-refractivity contribution in [2.75, 3.05) is 18.4 Å². The summed E-state index contributed by atoms with van der Waals surface area (Å²) in [5, 5.41) is 5.74. The Labute approximate surface area is 146 Å². The molecule has 1 aromatic carbocycles. The monoisotopic (exact) mass is 349 g/mol. The zero-order valence-electron chi connectivity index (χ0n) is 13.5. The number of quaternary nitrogens is 1. The smallest absolute Gasteiger partial charge is 0.279 e. The second kappa shape index (κ2) is 7.04. The molecule has 0 spiro atoms. The minimum absolute atomic E-state index is 0.0392. The Morgan fingerprint density at radius 1 is 1.43 bits per heavy atom. The van der Waals surface area contributed by atoms with Gasteiger partial charge in [0, 0.05) is 12.8 Å². The van der Waals surface area contributed by atoms with Gasteiger partial charge in [0.2, 0.25) is 0 Å². The van der Waals surface area contributed by atoms with Gasteiger partial charge < -0.3 is 10.2 Å². The quantitative estimate of drug-likeness (QED) is 0.871. The Morgan fingerprint density at radius 2 is 2.26 bits per heavy atom. The topological polar surface area (TPSA) is 33.5 Å². The number of amides is 1. The Hall–Kier alpha value is -1.36. The summed E-state index contributed by atoms with van der Waals surface area (Å²) in [6.45, 7) is 5.53. The van der Waals surface area contributed by atoms with E-state index in [0.29, 0.717) is 17.6 Å². The van der Waals surface area contributed by atoms with E-state index < -0.39 is 0 Å². The Bertz CT molecular complexity index is 676. The molecule has 2 N–H and O–H groups in total. The van der Waals surface area contributed by atoms with Crippen LogP contribution in [0.5, 0.6) is 0 Å². The van der Waals surface area contributed by atoms with Crippen molar-refractivity contribution in [3.63, 3.8) is 0 Å². The van der Waals surface area contributed by atoms with E-state index in [1.807, 2.05) is 26.0 Å². The lowest BCUT2D eigenvalue weighted by Gasteiger charge is -2.20. The number of benzene rings is 1. The van der Waals surface area contributed by atoms with Crippen LogP contribution in [-0.4, -0.2) is 19.0 Å². The number of thiophene rings is 1. The van der Waals surface area contributed by atoms with Crippen molar-refractivity contribution < 1.29 is 9.69 Å². The van der Waals surface area contributed by atoms with Crippen LogP contribution in [-0.2, 0) is 4.79 Å². The molecule has 0 aliphatic carbocycles. The number of aryl methyl sites for hydroxylation is 2. The van der Waals surface area contributed by atoms with Gasteiger partial charge in [-0.15, -0.1) is 11.3 Å². The number of carbonyl (C=O) groups is 1. The fraction of sp³-hybridized carbons (Fsp3) is 0.389. The highest BCUT2D eigenvalue weighted by Gasteiger charge is 2.32. The fourth-order valence-electron chi connectivity index (χ4n) is 3.42. The van der Waals surface area contributed by atoms with Gasteiger partial charge in [-0.1, -0.05) is 23.7 Å². The van der Waals surface area contributed by atoms with E-state index in [0.717, 1.165) is 29.8 Å². The molecule has 0 bridgehead atoms. The van der Waals surface area contributed by atoms with Crippen LogP contribution in [0, 0.1) is 13.8 Å². The first-order chi connectivity index (χ1) is 11.0. The average Bonchev–Trinajstić information content (AvgIpc) is 3.13. The Balaban J connectivity index is 1.68. The average molecular weight is 350 g/mol. The van der Waals surface area contributed by atoms with E-state index in [9.17, 15) is 4.79 Å². The Morgan fingerprint density at radius 3 is 2.96 bits per heavy atom. The molecule has 1 aliphatic rings. The SMILES string of the molecule is Cc1cc(C)c(NC(=O)C[NH+]2CCC[C@@H]2c2cccs2)c(Cl)c1. The first-order valence-electron chi connectivity index (χ1n) is 7.99. The number of rotatable bonds is 4. The van der Waals surface area contributed by atoms with E-state index in [1.165, 1.54) is 16.2 Å². The fourth-order valence-corrected chi connectivity index (χ4v) is 4.71. The summed E-state index contributed by atoms with van der Waals surface area (Å²) in [5.74, 6) is 0.0392. The van der Waals surface area contributed by atoms with Crippen molar-refractivity contribution in [2.24, 2.45) is 0 Å². The summed E-state index contributed by atoms with van der Waals surface area (Å²) in [5.41, 5.74) is 2.86. The van der Waals surface area contributed by atoms with Gasteiger partial charge in [-0.2, -0.15) is 0 Å². The van der Waals surface area contributed by atoms with E-state index in [1.54, 1.807) is 11.3 Å². The first kappa shape index (κ1) is 16.5.